The lowest BCUT2D eigenvalue weighted by Gasteiger charge is -2.10. The van der Waals surface area contributed by atoms with Crippen LogP contribution >= 0.6 is 23.4 Å². The molecule has 0 aliphatic rings. The number of carbonyl (C=O) groups excluding carboxylic acids is 1. The van der Waals surface area contributed by atoms with Crippen molar-refractivity contribution in [3.05, 3.63) is 82.7 Å². The van der Waals surface area contributed by atoms with Gasteiger partial charge in [0.25, 0.3) is 5.91 Å². The van der Waals surface area contributed by atoms with Crippen molar-refractivity contribution in [2.45, 2.75) is 11.8 Å². The Labute approximate surface area is 139 Å². The molecular weight excluding hydrogens is 314 g/mol. The second-order valence-electron chi connectivity index (χ2n) is 4.70. The van der Waals surface area contributed by atoms with Gasteiger partial charge in [0, 0.05) is 20.9 Å². The number of hydrogen-bond acceptors (Lipinski definition) is 2. The van der Waals surface area contributed by atoms with Crippen molar-refractivity contribution >= 4 is 35.0 Å². The van der Waals surface area contributed by atoms with Crippen LogP contribution in [0.15, 0.2) is 77.1 Å². The van der Waals surface area contributed by atoms with E-state index in [9.17, 15) is 4.79 Å². The highest BCUT2D eigenvalue weighted by Crippen LogP contribution is 2.25. The van der Waals surface area contributed by atoms with Crippen molar-refractivity contribution in [3.63, 3.8) is 0 Å². The largest absolute Gasteiger partial charge is 0.321 e. The van der Waals surface area contributed by atoms with E-state index in [1.807, 2.05) is 60.0 Å². The van der Waals surface area contributed by atoms with Gasteiger partial charge in [0.1, 0.15) is 0 Å². The molecule has 0 saturated carbocycles. The Balaban J connectivity index is 2.23. The van der Waals surface area contributed by atoms with Crippen LogP contribution in [0.25, 0.3) is 5.70 Å². The molecule has 22 heavy (non-hydrogen) atoms. The Morgan fingerprint density at radius 3 is 2.36 bits per heavy atom. The summed E-state index contributed by atoms with van der Waals surface area (Å²) in [5.41, 5.74) is 2.16. The Morgan fingerprint density at radius 1 is 1.14 bits per heavy atom. The molecule has 1 amide bonds. The molecule has 1 N–H and O–H groups in total. The SMILES string of the molecule is C=C(C)C(=O)NC(=CSc1ccc(Cl)cc1)c1ccccc1. The lowest BCUT2D eigenvalue weighted by atomic mass is 10.1. The lowest BCUT2D eigenvalue weighted by Crippen LogP contribution is -2.22. The van der Waals surface area contributed by atoms with Crippen LogP contribution < -0.4 is 5.32 Å². The molecule has 0 saturated heterocycles. The van der Waals surface area contributed by atoms with E-state index in [-0.39, 0.29) is 5.91 Å². The van der Waals surface area contributed by atoms with Crippen molar-refractivity contribution in [1.29, 1.82) is 0 Å². The van der Waals surface area contributed by atoms with Crippen LogP contribution in [0, 0.1) is 0 Å². The summed E-state index contributed by atoms with van der Waals surface area (Å²) in [7, 11) is 0. The molecule has 2 rings (SSSR count). The topological polar surface area (TPSA) is 29.1 Å². The van der Waals surface area contributed by atoms with Crippen molar-refractivity contribution in [2.75, 3.05) is 0 Å². The summed E-state index contributed by atoms with van der Waals surface area (Å²) in [6, 6.07) is 17.3. The van der Waals surface area contributed by atoms with Crippen LogP contribution in [0.2, 0.25) is 5.02 Å². The first-order valence-electron chi connectivity index (χ1n) is 6.71. The van der Waals surface area contributed by atoms with Crippen LogP contribution in [0.4, 0.5) is 0 Å². The van der Waals surface area contributed by atoms with Gasteiger partial charge in [0.05, 0.1) is 5.70 Å². The molecule has 0 aliphatic carbocycles. The molecule has 0 spiro atoms. The van der Waals surface area contributed by atoms with Gasteiger partial charge in [-0.3, -0.25) is 4.79 Å². The van der Waals surface area contributed by atoms with Gasteiger partial charge in [0.15, 0.2) is 0 Å². The van der Waals surface area contributed by atoms with Crippen LogP contribution in [0.5, 0.6) is 0 Å². The number of nitrogens with one attached hydrogen (secondary N) is 1. The highest BCUT2D eigenvalue weighted by Gasteiger charge is 2.07. The average Bonchev–Trinajstić information content (AvgIpc) is 2.53. The first kappa shape index (κ1) is 16.4. The van der Waals surface area contributed by atoms with Gasteiger partial charge < -0.3 is 5.32 Å². The predicted octanol–water partition coefficient (Wildman–Crippen LogP) is 5.12. The van der Waals surface area contributed by atoms with Gasteiger partial charge >= 0.3 is 0 Å². The zero-order valence-electron chi connectivity index (χ0n) is 12.2. The first-order chi connectivity index (χ1) is 10.6. The minimum absolute atomic E-state index is 0.188. The van der Waals surface area contributed by atoms with Gasteiger partial charge in [-0.2, -0.15) is 0 Å². The van der Waals surface area contributed by atoms with E-state index < -0.39 is 0 Å². The fourth-order valence-corrected chi connectivity index (χ4v) is 2.52. The Hall–Kier alpha value is -1.97. The van der Waals surface area contributed by atoms with E-state index in [2.05, 4.69) is 11.9 Å². The maximum atomic E-state index is 11.9. The molecular formula is C18H16ClNOS. The molecule has 2 aromatic rings. The summed E-state index contributed by atoms with van der Waals surface area (Å²) >= 11 is 7.40. The van der Waals surface area contributed by atoms with Crippen LogP contribution in [0.3, 0.4) is 0 Å². The molecule has 0 aliphatic heterocycles. The van der Waals surface area contributed by atoms with E-state index in [1.54, 1.807) is 6.92 Å². The number of amides is 1. The Bertz CT molecular complexity index is 693. The van der Waals surface area contributed by atoms with E-state index >= 15 is 0 Å². The quantitative estimate of drug-likeness (QED) is 0.609. The van der Waals surface area contributed by atoms with E-state index in [1.165, 1.54) is 11.8 Å². The van der Waals surface area contributed by atoms with Crippen molar-refractivity contribution in [3.8, 4) is 0 Å². The molecule has 112 valence electrons. The number of halogens is 1. The molecule has 0 bridgehead atoms. The molecule has 0 fully saturated rings. The number of thioether (sulfide) groups is 1. The molecule has 0 unspecified atom stereocenters. The van der Waals surface area contributed by atoms with Crippen LogP contribution in [0.1, 0.15) is 12.5 Å². The minimum Gasteiger partial charge on any atom is -0.321 e. The van der Waals surface area contributed by atoms with E-state index in [0.717, 1.165) is 16.2 Å². The third-order valence-electron chi connectivity index (χ3n) is 2.85. The van der Waals surface area contributed by atoms with Crippen molar-refractivity contribution in [2.24, 2.45) is 0 Å². The molecule has 2 nitrogen and oxygen atoms in total. The van der Waals surface area contributed by atoms with E-state index in [0.29, 0.717) is 10.6 Å². The zero-order chi connectivity index (χ0) is 15.9. The molecule has 4 heteroatoms. The molecule has 0 atom stereocenters. The predicted molar refractivity (Wildman–Crippen MR) is 94.7 cm³/mol. The molecule has 0 aromatic heterocycles. The molecule has 2 aromatic carbocycles. The lowest BCUT2D eigenvalue weighted by molar-refractivity contribution is -0.116. The summed E-state index contributed by atoms with van der Waals surface area (Å²) in [5.74, 6) is -0.188. The minimum atomic E-state index is -0.188. The number of hydrogen-bond donors (Lipinski definition) is 1. The van der Waals surface area contributed by atoms with Gasteiger partial charge in [-0.05, 0) is 36.8 Å². The average molecular weight is 330 g/mol. The van der Waals surface area contributed by atoms with E-state index in [4.69, 9.17) is 11.6 Å². The standard InChI is InChI=1S/C18H16ClNOS/c1-13(2)18(21)20-17(14-6-4-3-5-7-14)12-22-16-10-8-15(19)9-11-16/h3-12H,1H2,2H3,(H,20,21). The van der Waals surface area contributed by atoms with Crippen LogP contribution in [-0.4, -0.2) is 5.91 Å². The normalized spacial score (nSPS) is 11.1. The summed E-state index contributed by atoms with van der Waals surface area (Å²) < 4.78 is 0. The second-order valence-corrected chi connectivity index (χ2v) is 6.08. The Morgan fingerprint density at radius 2 is 1.77 bits per heavy atom. The maximum Gasteiger partial charge on any atom is 0.250 e. The highest BCUT2D eigenvalue weighted by atomic mass is 35.5. The summed E-state index contributed by atoms with van der Waals surface area (Å²) in [5, 5.41) is 5.51. The van der Waals surface area contributed by atoms with Gasteiger partial charge in [-0.1, -0.05) is 60.3 Å². The van der Waals surface area contributed by atoms with Crippen molar-refractivity contribution < 1.29 is 4.79 Å². The maximum absolute atomic E-state index is 11.9. The third kappa shape index (κ3) is 4.79. The van der Waals surface area contributed by atoms with Gasteiger partial charge in [-0.15, -0.1) is 0 Å². The highest BCUT2D eigenvalue weighted by molar-refractivity contribution is 8.02. The second kappa shape index (κ2) is 7.87. The summed E-state index contributed by atoms with van der Waals surface area (Å²) in [6.45, 7) is 5.35. The number of carbonyl (C=O) groups is 1. The fraction of sp³-hybridized carbons (Fsp3) is 0.0556. The molecule has 0 heterocycles. The number of rotatable bonds is 5. The zero-order valence-corrected chi connectivity index (χ0v) is 13.7. The first-order valence-corrected chi connectivity index (χ1v) is 7.96. The fourth-order valence-electron chi connectivity index (χ4n) is 1.66. The Kier molecular flexibility index (Phi) is 5.87. The monoisotopic (exact) mass is 329 g/mol. The summed E-state index contributed by atoms with van der Waals surface area (Å²) in [4.78, 5) is 12.9. The van der Waals surface area contributed by atoms with Gasteiger partial charge in [-0.25, -0.2) is 0 Å². The van der Waals surface area contributed by atoms with Gasteiger partial charge in [0.2, 0.25) is 0 Å². The number of benzene rings is 2. The smallest absolute Gasteiger partial charge is 0.250 e. The summed E-state index contributed by atoms with van der Waals surface area (Å²) in [6.07, 6.45) is 0. The van der Waals surface area contributed by atoms with Crippen LogP contribution in [-0.2, 0) is 4.79 Å². The third-order valence-corrected chi connectivity index (χ3v) is 4.00. The molecule has 0 radical (unpaired) electrons. The van der Waals surface area contributed by atoms with Crippen molar-refractivity contribution in [1.82, 2.24) is 5.32 Å².